The molecule has 1 heterocycles. The number of piperidine rings is 1. The minimum Gasteiger partial charge on any atom is -0.349 e. The van der Waals surface area contributed by atoms with E-state index in [0.717, 1.165) is 11.8 Å². The highest BCUT2D eigenvalue weighted by atomic mass is 35.5. The van der Waals surface area contributed by atoms with Gasteiger partial charge in [0.25, 0.3) is 0 Å². The summed E-state index contributed by atoms with van der Waals surface area (Å²) >= 11 is 5.85. The molecular weight excluding hydrogens is 460 g/mol. The van der Waals surface area contributed by atoms with Gasteiger partial charge in [-0.1, -0.05) is 23.7 Å². The van der Waals surface area contributed by atoms with E-state index < -0.39 is 25.8 Å². The van der Waals surface area contributed by atoms with Crippen LogP contribution in [0.2, 0.25) is 5.02 Å². The zero-order chi connectivity index (χ0) is 22.8. The Morgan fingerprint density at radius 3 is 2.19 bits per heavy atom. The van der Waals surface area contributed by atoms with Gasteiger partial charge in [-0.15, -0.1) is 0 Å². The van der Waals surface area contributed by atoms with Crippen molar-refractivity contribution < 1.29 is 21.6 Å². The zero-order valence-corrected chi connectivity index (χ0v) is 19.7. The molecule has 2 aromatic carbocycles. The number of nitrogens with one attached hydrogen (secondary N) is 1. The van der Waals surface area contributed by atoms with Crippen LogP contribution in [0.4, 0.5) is 0 Å². The number of hydrogen-bond acceptors (Lipinski definition) is 5. The molecule has 0 aromatic heterocycles. The number of benzene rings is 2. The van der Waals surface area contributed by atoms with Crippen molar-refractivity contribution in [2.24, 2.45) is 5.92 Å². The Balaban J connectivity index is 1.67. The SMILES string of the molecule is C[C@H](NC(=O)[C@H]1CCCN(S(=O)(=O)c2ccc(Cl)cc2)C1)c1ccc(S(C)(=O)=O)cc1. The molecule has 0 unspecified atom stereocenters. The second-order valence-corrected chi connectivity index (χ2v) is 12.1. The third kappa shape index (κ3) is 5.65. The van der Waals surface area contributed by atoms with Gasteiger partial charge in [0.15, 0.2) is 9.84 Å². The maximum absolute atomic E-state index is 12.9. The fourth-order valence-electron chi connectivity index (χ4n) is 3.55. The van der Waals surface area contributed by atoms with Gasteiger partial charge in [0.2, 0.25) is 15.9 Å². The lowest BCUT2D eigenvalue weighted by atomic mass is 9.98. The number of sulfonamides is 1. The highest BCUT2D eigenvalue weighted by Gasteiger charge is 2.33. The molecule has 0 spiro atoms. The molecule has 168 valence electrons. The maximum Gasteiger partial charge on any atom is 0.243 e. The van der Waals surface area contributed by atoms with Crippen LogP contribution in [-0.4, -0.2) is 46.4 Å². The number of hydrogen-bond donors (Lipinski definition) is 1. The van der Waals surface area contributed by atoms with Crippen LogP contribution in [0.5, 0.6) is 0 Å². The quantitative estimate of drug-likeness (QED) is 0.679. The Labute approximate surface area is 188 Å². The normalized spacial score (nSPS) is 19.0. The first-order chi connectivity index (χ1) is 14.5. The molecule has 1 aliphatic rings. The summed E-state index contributed by atoms with van der Waals surface area (Å²) in [6, 6.07) is 12.0. The van der Waals surface area contributed by atoms with Crippen LogP contribution >= 0.6 is 11.6 Å². The van der Waals surface area contributed by atoms with Crippen molar-refractivity contribution in [2.45, 2.75) is 35.6 Å². The van der Waals surface area contributed by atoms with E-state index >= 15 is 0 Å². The Hall–Kier alpha value is -1.94. The molecule has 2 atom stereocenters. The third-order valence-electron chi connectivity index (χ3n) is 5.37. The smallest absolute Gasteiger partial charge is 0.243 e. The summed E-state index contributed by atoms with van der Waals surface area (Å²) in [5.41, 5.74) is 0.766. The molecule has 1 fully saturated rings. The molecule has 0 radical (unpaired) electrons. The molecule has 3 rings (SSSR count). The molecule has 7 nitrogen and oxygen atoms in total. The topological polar surface area (TPSA) is 101 Å². The molecule has 1 aliphatic heterocycles. The van der Waals surface area contributed by atoms with E-state index in [1.807, 2.05) is 0 Å². The fraction of sp³-hybridized carbons (Fsp3) is 0.381. The second kappa shape index (κ2) is 9.28. The van der Waals surface area contributed by atoms with Crippen LogP contribution in [-0.2, 0) is 24.7 Å². The van der Waals surface area contributed by atoms with Crippen LogP contribution < -0.4 is 5.32 Å². The van der Waals surface area contributed by atoms with Gasteiger partial charge in [0.05, 0.1) is 21.8 Å². The molecule has 1 amide bonds. The van der Waals surface area contributed by atoms with Crippen molar-refractivity contribution in [2.75, 3.05) is 19.3 Å². The maximum atomic E-state index is 12.9. The van der Waals surface area contributed by atoms with Gasteiger partial charge in [-0.3, -0.25) is 4.79 Å². The monoisotopic (exact) mass is 484 g/mol. The van der Waals surface area contributed by atoms with Gasteiger partial charge in [-0.05, 0) is 61.7 Å². The van der Waals surface area contributed by atoms with Crippen LogP contribution in [0.25, 0.3) is 0 Å². The summed E-state index contributed by atoms with van der Waals surface area (Å²) in [4.78, 5) is 13.2. The molecular formula is C21H25ClN2O5S2. The average Bonchev–Trinajstić information content (AvgIpc) is 2.73. The molecule has 0 saturated carbocycles. The first-order valence-corrected chi connectivity index (χ1v) is 13.6. The molecule has 10 heteroatoms. The lowest BCUT2D eigenvalue weighted by molar-refractivity contribution is -0.126. The van der Waals surface area contributed by atoms with Crippen molar-refractivity contribution >= 4 is 37.4 Å². The van der Waals surface area contributed by atoms with Crippen molar-refractivity contribution in [1.82, 2.24) is 9.62 Å². The van der Waals surface area contributed by atoms with E-state index in [1.165, 1.54) is 40.7 Å². The van der Waals surface area contributed by atoms with Gasteiger partial charge >= 0.3 is 0 Å². The molecule has 2 aromatic rings. The first kappa shape index (κ1) is 23.7. The van der Waals surface area contributed by atoms with Gasteiger partial charge < -0.3 is 5.32 Å². The Bertz CT molecular complexity index is 1150. The number of amides is 1. The van der Waals surface area contributed by atoms with Crippen LogP contribution in [0.1, 0.15) is 31.4 Å². The predicted molar refractivity (Wildman–Crippen MR) is 119 cm³/mol. The predicted octanol–water partition coefficient (Wildman–Crippen LogP) is 3.02. The van der Waals surface area contributed by atoms with Gasteiger partial charge in [-0.25, -0.2) is 16.8 Å². The average molecular weight is 485 g/mol. The highest BCUT2D eigenvalue weighted by molar-refractivity contribution is 7.90. The summed E-state index contributed by atoms with van der Waals surface area (Å²) in [5.74, 6) is -0.690. The van der Waals surface area contributed by atoms with Crippen LogP contribution in [0, 0.1) is 5.92 Å². The molecule has 31 heavy (non-hydrogen) atoms. The van der Waals surface area contributed by atoms with Gasteiger partial charge in [-0.2, -0.15) is 4.31 Å². The third-order valence-corrected chi connectivity index (χ3v) is 8.63. The number of carbonyl (C=O) groups is 1. The van der Waals surface area contributed by atoms with Crippen LogP contribution in [0.15, 0.2) is 58.3 Å². The lowest BCUT2D eigenvalue weighted by Gasteiger charge is -2.32. The number of carbonyl (C=O) groups excluding carboxylic acids is 1. The Morgan fingerprint density at radius 2 is 1.61 bits per heavy atom. The van der Waals surface area contributed by atoms with Crippen molar-refractivity contribution in [3.05, 3.63) is 59.1 Å². The molecule has 1 N–H and O–H groups in total. The van der Waals surface area contributed by atoms with E-state index in [-0.39, 0.29) is 28.3 Å². The summed E-state index contributed by atoms with van der Waals surface area (Å²) in [6.07, 6.45) is 2.32. The summed E-state index contributed by atoms with van der Waals surface area (Å²) in [6.45, 7) is 2.27. The fourth-order valence-corrected chi connectivity index (χ4v) is 5.83. The van der Waals surface area contributed by atoms with E-state index in [1.54, 1.807) is 19.1 Å². The van der Waals surface area contributed by atoms with Crippen molar-refractivity contribution in [3.63, 3.8) is 0 Å². The summed E-state index contributed by atoms with van der Waals surface area (Å²) < 4.78 is 50.4. The number of sulfone groups is 1. The van der Waals surface area contributed by atoms with E-state index in [0.29, 0.717) is 24.4 Å². The van der Waals surface area contributed by atoms with E-state index in [4.69, 9.17) is 11.6 Å². The number of halogens is 1. The Morgan fingerprint density at radius 1 is 1.03 bits per heavy atom. The minimum absolute atomic E-state index is 0.108. The summed E-state index contributed by atoms with van der Waals surface area (Å²) in [7, 11) is -6.99. The van der Waals surface area contributed by atoms with Crippen LogP contribution in [0.3, 0.4) is 0 Å². The Kier molecular flexibility index (Phi) is 7.10. The molecule has 0 aliphatic carbocycles. The first-order valence-electron chi connectivity index (χ1n) is 9.84. The standard InChI is InChI=1S/C21H25ClN2O5S2/c1-15(16-5-9-19(10-6-16)30(2,26)27)23-21(25)17-4-3-13-24(14-17)31(28,29)20-11-7-18(22)8-12-20/h5-12,15,17H,3-4,13-14H2,1-2H3,(H,23,25)/t15-,17-/m0/s1. The minimum atomic E-state index is -3.71. The zero-order valence-electron chi connectivity index (χ0n) is 17.3. The highest BCUT2D eigenvalue weighted by Crippen LogP contribution is 2.26. The lowest BCUT2D eigenvalue weighted by Crippen LogP contribution is -2.45. The van der Waals surface area contributed by atoms with E-state index in [2.05, 4.69) is 5.32 Å². The van der Waals surface area contributed by atoms with Gasteiger partial charge in [0, 0.05) is 24.4 Å². The molecule has 1 saturated heterocycles. The van der Waals surface area contributed by atoms with Gasteiger partial charge in [0.1, 0.15) is 0 Å². The second-order valence-electron chi connectivity index (χ2n) is 7.73. The van der Waals surface area contributed by atoms with Crippen molar-refractivity contribution in [1.29, 1.82) is 0 Å². The number of rotatable bonds is 6. The summed E-state index contributed by atoms with van der Waals surface area (Å²) in [5, 5.41) is 3.37. The molecule has 0 bridgehead atoms. The van der Waals surface area contributed by atoms with Crippen molar-refractivity contribution in [3.8, 4) is 0 Å². The largest absolute Gasteiger partial charge is 0.349 e. The van der Waals surface area contributed by atoms with E-state index in [9.17, 15) is 21.6 Å². The number of nitrogens with zero attached hydrogens (tertiary/aromatic N) is 1.